The third kappa shape index (κ3) is 3.12. The van der Waals surface area contributed by atoms with Crippen LogP contribution in [0.25, 0.3) is 0 Å². The quantitative estimate of drug-likeness (QED) is 0.575. The number of nitrogens with zero attached hydrogens (tertiary/aromatic N) is 1. The van der Waals surface area contributed by atoms with Gasteiger partial charge in [-0.15, -0.1) is 0 Å². The largest absolute Gasteiger partial charge is 0.494 e. The highest BCUT2D eigenvalue weighted by molar-refractivity contribution is 6.35. The van der Waals surface area contributed by atoms with E-state index in [-0.39, 0.29) is 18.1 Å². The Kier molecular flexibility index (Phi) is 5.12. The van der Waals surface area contributed by atoms with Crippen LogP contribution in [0, 0.1) is 0 Å². The lowest BCUT2D eigenvalue weighted by molar-refractivity contribution is -0.140. The Morgan fingerprint density at radius 1 is 0.926 bits per heavy atom. The van der Waals surface area contributed by atoms with Crippen LogP contribution in [0.4, 0.5) is 5.69 Å². The second kappa shape index (κ2) is 7.49. The van der Waals surface area contributed by atoms with Gasteiger partial charge in [-0.2, -0.15) is 0 Å². The number of rotatable bonds is 6. The highest BCUT2D eigenvalue weighted by Crippen LogP contribution is 2.44. The predicted octanol–water partition coefficient (Wildman–Crippen LogP) is 2.61. The molecule has 3 rings (SSSR count). The smallest absolute Gasteiger partial charge is 0.305 e. The first-order chi connectivity index (χ1) is 13.0. The molecule has 0 unspecified atom stereocenters. The first kappa shape index (κ1) is 18.4. The summed E-state index contributed by atoms with van der Waals surface area (Å²) in [5.41, 5.74) is 1.54. The summed E-state index contributed by atoms with van der Waals surface area (Å²) in [6.45, 7) is 0. The molecule has 7 heteroatoms. The molecule has 0 aliphatic carbocycles. The van der Waals surface area contributed by atoms with Gasteiger partial charge in [0, 0.05) is 6.42 Å². The average Bonchev–Trinajstić information content (AvgIpc) is 2.95. The fourth-order valence-corrected chi connectivity index (χ4v) is 3.13. The molecule has 1 aliphatic heterocycles. The summed E-state index contributed by atoms with van der Waals surface area (Å²) in [5, 5.41) is 0. The van der Waals surface area contributed by atoms with Crippen LogP contribution in [0.5, 0.6) is 11.5 Å². The molecule has 2 amide bonds. The molecule has 0 aromatic heterocycles. The summed E-state index contributed by atoms with van der Waals surface area (Å²) in [7, 11) is 4.21. The molecular formula is C20H19NO6. The van der Waals surface area contributed by atoms with Crippen LogP contribution in [0.1, 0.15) is 32.7 Å². The van der Waals surface area contributed by atoms with Crippen molar-refractivity contribution >= 4 is 23.5 Å². The molecule has 27 heavy (non-hydrogen) atoms. The van der Waals surface area contributed by atoms with Gasteiger partial charge in [0.25, 0.3) is 11.8 Å². The van der Waals surface area contributed by atoms with Gasteiger partial charge in [0.15, 0.2) is 0 Å². The molecular weight excluding hydrogens is 350 g/mol. The van der Waals surface area contributed by atoms with Crippen LogP contribution in [0.3, 0.4) is 0 Å². The van der Waals surface area contributed by atoms with Gasteiger partial charge in [-0.3, -0.25) is 14.4 Å². The fraction of sp³-hybridized carbons (Fsp3) is 0.250. The second-order valence-electron chi connectivity index (χ2n) is 5.88. The van der Waals surface area contributed by atoms with E-state index in [1.54, 1.807) is 36.4 Å². The van der Waals surface area contributed by atoms with Crippen molar-refractivity contribution in [2.45, 2.75) is 12.8 Å². The number of imide groups is 1. The van der Waals surface area contributed by atoms with E-state index in [2.05, 4.69) is 4.74 Å². The Morgan fingerprint density at radius 2 is 1.56 bits per heavy atom. The van der Waals surface area contributed by atoms with Crippen molar-refractivity contribution in [2.75, 3.05) is 26.2 Å². The van der Waals surface area contributed by atoms with E-state index in [0.29, 0.717) is 34.6 Å². The van der Waals surface area contributed by atoms with E-state index < -0.39 is 11.8 Å². The van der Waals surface area contributed by atoms with Crippen LogP contribution in [0.2, 0.25) is 0 Å². The number of aryl methyl sites for hydroxylation is 1. The molecule has 140 valence electrons. The molecule has 0 saturated heterocycles. The van der Waals surface area contributed by atoms with Gasteiger partial charge in [-0.05, 0) is 30.2 Å². The van der Waals surface area contributed by atoms with Crippen molar-refractivity contribution in [1.82, 2.24) is 0 Å². The monoisotopic (exact) mass is 369 g/mol. The zero-order valence-electron chi connectivity index (χ0n) is 15.3. The minimum absolute atomic E-state index is 0.140. The van der Waals surface area contributed by atoms with Crippen molar-refractivity contribution in [3.8, 4) is 11.5 Å². The lowest BCUT2D eigenvalue weighted by Crippen LogP contribution is -2.30. The molecule has 7 nitrogen and oxygen atoms in total. The van der Waals surface area contributed by atoms with E-state index in [1.165, 1.54) is 21.3 Å². The zero-order chi connectivity index (χ0) is 19.6. The summed E-state index contributed by atoms with van der Waals surface area (Å²) < 4.78 is 15.6. The highest BCUT2D eigenvalue weighted by Gasteiger charge is 2.40. The number of methoxy groups -OCH3 is 3. The minimum Gasteiger partial charge on any atom is -0.494 e. The third-order valence-corrected chi connectivity index (χ3v) is 4.44. The van der Waals surface area contributed by atoms with Crippen molar-refractivity contribution in [1.29, 1.82) is 0 Å². The van der Waals surface area contributed by atoms with Crippen LogP contribution in [-0.2, 0) is 16.0 Å². The lowest BCUT2D eigenvalue weighted by atomic mass is 10.1. The van der Waals surface area contributed by atoms with Gasteiger partial charge in [-0.1, -0.05) is 18.2 Å². The number of benzene rings is 2. The molecule has 0 fully saturated rings. The summed E-state index contributed by atoms with van der Waals surface area (Å²) in [6.07, 6.45) is 0.469. The summed E-state index contributed by atoms with van der Waals surface area (Å²) in [6, 6.07) is 10.0. The molecule has 2 aromatic rings. The molecule has 0 spiro atoms. The van der Waals surface area contributed by atoms with Crippen molar-refractivity contribution in [3.63, 3.8) is 0 Å². The van der Waals surface area contributed by atoms with E-state index in [4.69, 9.17) is 9.47 Å². The van der Waals surface area contributed by atoms with Crippen molar-refractivity contribution in [2.24, 2.45) is 0 Å². The van der Waals surface area contributed by atoms with Crippen LogP contribution >= 0.6 is 0 Å². The predicted molar refractivity (Wildman–Crippen MR) is 97.5 cm³/mol. The number of amides is 2. The van der Waals surface area contributed by atoms with Crippen LogP contribution < -0.4 is 14.4 Å². The number of anilines is 1. The Balaban J connectivity index is 2.10. The summed E-state index contributed by atoms with van der Waals surface area (Å²) >= 11 is 0. The number of ether oxygens (including phenoxy) is 3. The number of carbonyl (C=O) groups is 3. The molecule has 0 atom stereocenters. The number of hydrogen-bond donors (Lipinski definition) is 0. The van der Waals surface area contributed by atoms with Crippen LogP contribution in [-0.4, -0.2) is 39.1 Å². The van der Waals surface area contributed by atoms with E-state index >= 15 is 0 Å². The number of fused-ring (bicyclic) bond motifs is 1. The van der Waals surface area contributed by atoms with Crippen molar-refractivity contribution in [3.05, 3.63) is 53.1 Å². The van der Waals surface area contributed by atoms with Crippen LogP contribution in [0.15, 0.2) is 36.4 Å². The Morgan fingerprint density at radius 3 is 2.07 bits per heavy atom. The number of hydrogen-bond acceptors (Lipinski definition) is 6. The SMILES string of the molecule is COC(=O)CCc1ccc(OC)c(N2C(=O)c3ccccc3C2=O)c1OC. The van der Waals surface area contributed by atoms with Gasteiger partial charge in [0.05, 0.1) is 32.5 Å². The number of esters is 1. The summed E-state index contributed by atoms with van der Waals surface area (Å²) in [4.78, 5) is 38.3. The standard InChI is InChI=1S/C20H19NO6/c1-25-15-10-8-12(9-11-16(22)26-2)18(27-3)17(15)21-19(23)13-6-4-5-7-14(13)20(21)24/h4-8,10H,9,11H2,1-3H3. The molecule has 1 heterocycles. The maximum Gasteiger partial charge on any atom is 0.305 e. The van der Waals surface area contributed by atoms with Gasteiger partial charge in [-0.25, -0.2) is 4.90 Å². The molecule has 2 aromatic carbocycles. The highest BCUT2D eigenvalue weighted by atomic mass is 16.5. The topological polar surface area (TPSA) is 82.1 Å². The summed E-state index contributed by atoms with van der Waals surface area (Å²) in [5.74, 6) is -0.624. The molecule has 0 N–H and O–H groups in total. The lowest BCUT2D eigenvalue weighted by Gasteiger charge is -2.22. The fourth-order valence-electron chi connectivity index (χ4n) is 3.13. The van der Waals surface area contributed by atoms with E-state index in [0.717, 1.165) is 4.90 Å². The van der Waals surface area contributed by atoms with E-state index in [9.17, 15) is 14.4 Å². The Bertz CT molecular complexity index is 886. The van der Waals surface area contributed by atoms with Gasteiger partial charge < -0.3 is 14.2 Å². The minimum atomic E-state index is -0.447. The van der Waals surface area contributed by atoms with Gasteiger partial charge in [0.1, 0.15) is 17.2 Å². The zero-order valence-corrected chi connectivity index (χ0v) is 15.3. The number of carbonyl (C=O) groups excluding carboxylic acids is 3. The molecule has 1 aliphatic rings. The maximum absolute atomic E-state index is 12.9. The van der Waals surface area contributed by atoms with Crippen molar-refractivity contribution < 1.29 is 28.6 Å². The first-order valence-electron chi connectivity index (χ1n) is 8.32. The molecule has 0 bridgehead atoms. The van der Waals surface area contributed by atoms with Gasteiger partial charge >= 0.3 is 5.97 Å². The van der Waals surface area contributed by atoms with E-state index in [1.807, 2.05) is 0 Å². The second-order valence-corrected chi connectivity index (χ2v) is 5.88. The Hall–Kier alpha value is -3.35. The molecule has 0 saturated carbocycles. The maximum atomic E-state index is 12.9. The Labute approximate surface area is 156 Å². The van der Waals surface area contributed by atoms with Gasteiger partial charge in [0.2, 0.25) is 0 Å². The normalized spacial score (nSPS) is 12.8. The first-order valence-corrected chi connectivity index (χ1v) is 8.32. The average molecular weight is 369 g/mol. The molecule has 0 radical (unpaired) electrons. The third-order valence-electron chi connectivity index (χ3n) is 4.44.